The van der Waals surface area contributed by atoms with E-state index in [1.807, 2.05) is 49.8 Å². The number of fused-ring (bicyclic) bond motifs is 1. The van der Waals surface area contributed by atoms with Crippen LogP contribution < -0.4 is 0 Å². The van der Waals surface area contributed by atoms with Crippen molar-refractivity contribution in [3.63, 3.8) is 0 Å². The average molecular weight is 260 g/mol. The molecule has 2 aromatic rings. The van der Waals surface area contributed by atoms with E-state index in [-0.39, 0.29) is 0 Å². The number of carboxylic acid groups (broad SMARTS) is 1. The Kier molecular flexibility index (Phi) is 3.60. The second-order valence-corrected chi connectivity index (χ2v) is 5.06. The summed E-state index contributed by atoms with van der Waals surface area (Å²) in [6.07, 6.45) is 1.71. The number of para-hydroxylation sites is 1. The minimum Gasteiger partial charge on any atom is -0.481 e. The topological polar surface area (TPSA) is 55.1 Å². The van der Waals surface area contributed by atoms with Gasteiger partial charge in [0.2, 0.25) is 0 Å². The van der Waals surface area contributed by atoms with Crippen molar-refractivity contribution >= 4 is 16.9 Å². The first-order chi connectivity index (χ1) is 9.04. The van der Waals surface area contributed by atoms with Gasteiger partial charge in [0, 0.05) is 18.9 Å². The minimum atomic E-state index is -0.729. The van der Waals surface area contributed by atoms with Crippen LogP contribution >= 0.6 is 0 Å². The lowest BCUT2D eigenvalue weighted by atomic mass is 9.78. The average Bonchev–Trinajstić information content (AvgIpc) is 2.73. The van der Waals surface area contributed by atoms with Crippen molar-refractivity contribution in [1.29, 1.82) is 0 Å². The highest BCUT2D eigenvalue weighted by molar-refractivity contribution is 5.83. The van der Waals surface area contributed by atoms with Crippen LogP contribution in [0.1, 0.15) is 32.4 Å². The number of carbonyl (C=O) groups is 1. The molecule has 4 heteroatoms. The first kappa shape index (κ1) is 13.6. The van der Waals surface area contributed by atoms with Gasteiger partial charge in [-0.05, 0) is 18.9 Å². The molecule has 1 aromatic heterocycles. The molecule has 1 N–H and O–H groups in total. The van der Waals surface area contributed by atoms with E-state index in [2.05, 4.69) is 5.10 Å². The molecule has 0 bridgehead atoms. The van der Waals surface area contributed by atoms with Crippen molar-refractivity contribution in [2.24, 2.45) is 12.5 Å². The molecule has 1 heterocycles. The predicted octanol–water partition coefficient (Wildman–Crippen LogP) is 3.01. The Morgan fingerprint density at radius 3 is 2.53 bits per heavy atom. The molecule has 0 saturated carbocycles. The van der Waals surface area contributed by atoms with Crippen LogP contribution in [0.3, 0.4) is 0 Å². The van der Waals surface area contributed by atoms with E-state index < -0.39 is 11.4 Å². The van der Waals surface area contributed by atoms with E-state index >= 15 is 0 Å². The molecule has 0 amide bonds. The molecule has 0 atom stereocenters. The molecule has 0 spiro atoms. The molecular weight excluding hydrogens is 240 g/mol. The van der Waals surface area contributed by atoms with E-state index in [0.717, 1.165) is 16.6 Å². The first-order valence-electron chi connectivity index (χ1n) is 6.68. The number of benzene rings is 1. The van der Waals surface area contributed by atoms with Crippen LogP contribution in [0.4, 0.5) is 0 Å². The van der Waals surface area contributed by atoms with Gasteiger partial charge in [-0.1, -0.05) is 32.0 Å². The Hall–Kier alpha value is -1.84. The number of aryl methyl sites for hydroxylation is 1. The predicted molar refractivity (Wildman–Crippen MR) is 75.1 cm³/mol. The second kappa shape index (κ2) is 5.03. The quantitative estimate of drug-likeness (QED) is 0.899. The third-order valence-electron chi connectivity index (χ3n) is 4.15. The number of hydrogen-bond donors (Lipinski definition) is 1. The number of hydrogen-bond acceptors (Lipinski definition) is 2. The Morgan fingerprint density at radius 1 is 1.32 bits per heavy atom. The van der Waals surface area contributed by atoms with Crippen LogP contribution in [-0.2, 0) is 18.3 Å². The lowest BCUT2D eigenvalue weighted by molar-refractivity contribution is -0.149. The molecule has 0 radical (unpaired) electrons. The zero-order chi connectivity index (χ0) is 14.0. The summed E-state index contributed by atoms with van der Waals surface area (Å²) in [6.45, 7) is 3.87. The van der Waals surface area contributed by atoms with Crippen molar-refractivity contribution in [1.82, 2.24) is 9.78 Å². The van der Waals surface area contributed by atoms with Gasteiger partial charge in [0.1, 0.15) is 0 Å². The molecule has 0 fully saturated rings. The van der Waals surface area contributed by atoms with Crippen molar-refractivity contribution < 1.29 is 9.90 Å². The van der Waals surface area contributed by atoms with Gasteiger partial charge >= 0.3 is 5.97 Å². The van der Waals surface area contributed by atoms with Crippen LogP contribution in [0.2, 0.25) is 0 Å². The summed E-state index contributed by atoms with van der Waals surface area (Å²) in [4.78, 5) is 11.6. The van der Waals surface area contributed by atoms with Crippen LogP contribution in [-0.4, -0.2) is 20.9 Å². The number of rotatable bonds is 5. The summed E-state index contributed by atoms with van der Waals surface area (Å²) in [6, 6.07) is 7.95. The fraction of sp³-hybridized carbons (Fsp3) is 0.467. The molecular formula is C15H20N2O2. The molecule has 19 heavy (non-hydrogen) atoms. The SMILES string of the molecule is CCC(CC)(Cc1nn(C)c2ccccc12)C(=O)O. The molecule has 0 unspecified atom stereocenters. The molecule has 0 aliphatic carbocycles. The van der Waals surface area contributed by atoms with Gasteiger partial charge in [0.25, 0.3) is 0 Å². The summed E-state index contributed by atoms with van der Waals surface area (Å²) in [5, 5.41) is 15.1. The Bertz CT molecular complexity index is 597. The van der Waals surface area contributed by atoms with Crippen molar-refractivity contribution in [3.8, 4) is 0 Å². The largest absolute Gasteiger partial charge is 0.481 e. The highest BCUT2D eigenvalue weighted by Crippen LogP contribution is 2.33. The zero-order valence-electron chi connectivity index (χ0n) is 11.7. The maximum Gasteiger partial charge on any atom is 0.310 e. The maximum atomic E-state index is 11.6. The van der Waals surface area contributed by atoms with E-state index in [0.29, 0.717) is 19.3 Å². The number of aliphatic carboxylic acids is 1. The van der Waals surface area contributed by atoms with E-state index in [9.17, 15) is 9.90 Å². The summed E-state index contributed by atoms with van der Waals surface area (Å²) in [5.74, 6) is -0.729. The Morgan fingerprint density at radius 2 is 1.95 bits per heavy atom. The molecule has 0 aliphatic heterocycles. The van der Waals surface area contributed by atoms with Gasteiger partial charge in [-0.25, -0.2) is 0 Å². The van der Waals surface area contributed by atoms with Crippen molar-refractivity contribution in [2.45, 2.75) is 33.1 Å². The monoisotopic (exact) mass is 260 g/mol. The van der Waals surface area contributed by atoms with E-state index in [4.69, 9.17) is 0 Å². The fourth-order valence-corrected chi connectivity index (χ4v) is 2.62. The van der Waals surface area contributed by atoms with Crippen molar-refractivity contribution in [2.75, 3.05) is 0 Å². The van der Waals surface area contributed by atoms with Gasteiger partial charge < -0.3 is 5.11 Å². The third-order valence-corrected chi connectivity index (χ3v) is 4.15. The normalized spacial score (nSPS) is 11.9. The number of carboxylic acids is 1. The lowest BCUT2D eigenvalue weighted by Crippen LogP contribution is -2.32. The molecule has 0 aliphatic rings. The highest BCUT2D eigenvalue weighted by Gasteiger charge is 2.36. The van der Waals surface area contributed by atoms with Crippen molar-refractivity contribution in [3.05, 3.63) is 30.0 Å². The Labute approximate surface area is 113 Å². The zero-order valence-corrected chi connectivity index (χ0v) is 11.7. The third kappa shape index (κ3) is 2.23. The van der Waals surface area contributed by atoms with Crippen LogP contribution in [0, 0.1) is 5.41 Å². The first-order valence-corrected chi connectivity index (χ1v) is 6.68. The highest BCUT2D eigenvalue weighted by atomic mass is 16.4. The van der Waals surface area contributed by atoms with Gasteiger partial charge in [-0.2, -0.15) is 5.10 Å². The van der Waals surface area contributed by atoms with E-state index in [1.165, 1.54) is 0 Å². The van der Waals surface area contributed by atoms with Crippen LogP contribution in [0.5, 0.6) is 0 Å². The van der Waals surface area contributed by atoms with Gasteiger partial charge in [0.15, 0.2) is 0 Å². The smallest absolute Gasteiger partial charge is 0.310 e. The van der Waals surface area contributed by atoms with Crippen LogP contribution in [0.25, 0.3) is 10.9 Å². The molecule has 102 valence electrons. The Balaban J connectivity index is 2.48. The summed E-state index contributed by atoms with van der Waals surface area (Å²) >= 11 is 0. The minimum absolute atomic E-state index is 0.483. The molecule has 1 aromatic carbocycles. The molecule has 0 saturated heterocycles. The van der Waals surface area contributed by atoms with Gasteiger partial charge in [-0.3, -0.25) is 9.48 Å². The lowest BCUT2D eigenvalue weighted by Gasteiger charge is -2.25. The summed E-state index contributed by atoms with van der Waals surface area (Å²) in [5.41, 5.74) is 1.21. The molecule has 4 nitrogen and oxygen atoms in total. The van der Waals surface area contributed by atoms with Gasteiger partial charge in [0.05, 0.1) is 16.6 Å². The van der Waals surface area contributed by atoms with E-state index in [1.54, 1.807) is 0 Å². The van der Waals surface area contributed by atoms with Gasteiger partial charge in [-0.15, -0.1) is 0 Å². The summed E-state index contributed by atoms with van der Waals surface area (Å²) in [7, 11) is 1.90. The second-order valence-electron chi connectivity index (χ2n) is 5.06. The number of aromatic nitrogens is 2. The van der Waals surface area contributed by atoms with Crippen LogP contribution in [0.15, 0.2) is 24.3 Å². The standard InChI is InChI=1S/C15H20N2O2/c1-4-15(5-2,14(18)19)10-12-11-8-6-7-9-13(11)17(3)16-12/h6-9H,4-5,10H2,1-3H3,(H,18,19). The molecule has 2 rings (SSSR count). The summed E-state index contributed by atoms with van der Waals surface area (Å²) < 4.78 is 1.82. The number of nitrogens with zero attached hydrogens (tertiary/aromatic N) is 2. The maximum absolute atomic E-state index is 11.6. The fourth-order valence-electron chi connectivity index (χ4n) is 2.62.